The van der Waals surface area contributed by atoms with Gasteiger partial charge in [0.05, 0.1) is 0 Å². The highest BCUT2D eigenvalue weighted by Crippen LogP contribution is 2.49. The molecule has 1 saturated carbocycles. The van der Waals surface area contributed by atoms with Crippen molar-refractivity contribution in [1.29, 1.82) is 0 Å². The standard InChI is InChI=1S/C13H29N3/c1-12(2)4-10(11(6-14)7-15)5-13(3,8-12)9-16/h10-11H,4-9,14-16H2,1-3H3. The Labute approximate surface area is 100 Å². The van der Waals surface area contributed by atoms with Crippen LogP contribution in [0.15, 0.2) is 0 Å². The summed E-state index contributed by atoms with van der Waals surface area (Å²) in [6.07, 6.45) is 3.64. The van der Waals surface area contributed by atoms with E-state index in [-0.39, 0.29) is 5.41 Å². The Morgan fingerprint density at radius 3 is 2.06 bits per heavy atom. The third-order valence-electron chi connectivity index (χ3n) is 4.24. The van der Waals surface area contributed by atoms with E-state index in [9.17, 15) is 0 Å². The van der Waals surface area contributed by atoms with Crippen molar-refractivity contribution in [2.75, 3.05) is 19.6 Å². The van der Waals surface area contributed by atoms with Crippen molar-refractivity contribution in [1.82, 2.24) is 0 Å². The van der Waals surface area contributed by atoms with Crippen molar-refractivity contribution in [2.45, 2.75) is 40.0 Å². The SMILES string of the molecule is CC1(C)CC(C(CN)CN)CC(C)(CN)C1. The Morgan fingerprint density at radius 2 is 1.62 bits per heavy atom. The van der Waals surface area contributed by atoms with E-state index in [0.29, 0.717) is 30.3 Å². The molecule has 1 aliphatic rings. The molecule has 0 saturated heterocycles. The third-order valence-corrected chi connectivity index (χ3v) is 4.24. The fourth-order valence-electron chi connectivity index (χ4n) is 3.68. The molecule has 0 spiro atoms. The Hall–Kier alpha value is -0.120. The molecule has 16 heavy (non-hydrogen) atoms. The van der Waals surface area contributed by atoms with E-state index >= 15 is 0 Å². The summed E-state index contributed by atoms with van der Waals surface area (Å²) < 4.78 is 0. The minimum atomic E-state index is 0.273. The normalized spacial score (nSPS) is 34.3. The summed E-state index contributed by atoms with van der Waals surface area (Å²) in [6.45, 7) is 9.18. The smallest absolute Gasteiger partial charge is 0.00229 e. The molecular formula is C13H29N3. The molecule has 0 aliphatic heterocycles. The lowest BCUT2D eigenvalue weighted by Gasteiger charge is -2.48. The molecule has 0 aromatic carbocycles. The van der Waals surface area contributed by atoms with Gasteiger partial charge in [0.15, 0.2) is 0 Å². The highest BCUT2D eigenvalue weighted by atomic mass is 14.7. The lowest BCUT2D eigenvalue weighted by atomic mass is 9.58. The van der Waals surface area contributed by atoms with Crippen LogP contribution in [0.2, 0.25) is 0 Å². The molecule has 2 atom stereocenters. The summed E-state index contributed by atoms with van der Waals surface area (Å²) in [5.41, 5.74) is 18.2. The van der Waals surface area contributed by atoms with Crippen LogP contribution >= 0.6 is 0 Å². The second-order valence-electron chi connectivity index (χ2n) is 6.76. The molecule has 0 heterocycles. The van der Waals surface area contributed by atoms with Crippen LogP contribution in [-0.4, -0.2) is 19.6 Å². The van der Waals surface area contributed by atoms with Gasteiger partial charge in [-0.3, -0.25) is 0 Å². The zero-order chi connectivity index (χ0) is 12.4. The van der Waals surface area contributed by atoms with Gasteiger partial charge in [-0.25, -0.2) is 0 Å². The van der Waals surface area contributed by atoms with Crippen molar-refractivity contribution in [3.8, 4) is 0 Å². The van der Waals surface area contributed by atoms with Crippen LogP contribution in [0.3, 0.4) is 0 Å². The van der Waals surface area contributed by atoms with Crippen LogP contribution in [0, 0.1) is 22.7 Å². The van der Waals surface area contributed by atoms with Crippen LogP contribution in [0.25, 0.3) is 0 Å². The maximum atomic E-state index is 5.94. The van der Waals surface area contributed by atoms with E-state index in [1.54, 1.807) is 0 Å². The summed E-state index contributed by atoms with van der Waals surface area (Å²) in [5.74, 6) is 1.11. The molecular weight excluding hydrogens is 198 g/mol. The van der Waals surface area contributed by atoms with E-state index in [0.717, 1.165) is 6.54 Å². The monoisotopic (exact) mass is 227 g/mol. The summed E-state index contributed by atoms with van der Waals surface area (Å²) >= 11 is 0. The summed E-state index contributed by atoms with van der Waals surface area (Å²) in [5, 5.41) is 0. The van der Waals surface area contributed by atoms with Crippen LogP contribution in [-0.2, 0) is 0 Å². The van der Waals surface area contributed by atoms with E-state index in [1.807, 2.05) is 0 Å². The average Bonchev–Trinajstić information content (AvgIpc) is 2.17. The molecule has 1 aliphatic carbocycles. The summed E-state index contributed by atoms with van der Waals surface area (Å²) in [6, 6.07) is 0. The Bertz CT molecular complexity index is 223. The Balaban J connectivity index is 2.80. The predicted octanol–water partition coefficient (Wildman–Crippen LogP) is 1.31. The van der Waals surface area contributed by atoms with Crippen molar-refractivity contribution in [3.05, 3.63) is 0 Å². The summed E-state index contributed by atoms with van der Waals surface area (Å²) in [4.78, 5) is 0. The molecule has 2 unspecified atom stereocenters. The van der Waals surface area contributed by atoms with Gasteiger partial charge in [0, 0.05) is 0 Å². The number of nitrogens with two attached hydrogens (primary N) is 3. The highest BCUT2D eigenvalue weighted by molar-refractivity contribution is 4.94. The van der Waals surface area contributed by atoms with E-state index < -0.39 is 0 Å². The molecule has 6 N–H and O–H groups in total. The van der Waals surface area contributed by atoms with Crippen molar-refractivity contribution < 1.29 is 0 Å². The van der Waals surface area contributed by atoms with Crippen molar-refractivity contribution in [2.24, 2.45) is 39.9 Å². The van der Waals surface area contributed by atoms with Gasteiger partial charge >= 0.3 is 0 Å². The van der Waals surface area contributed by atoms with Gasteiger partial charge in [0.1, 0.15) is 0 Å². The van der Waals surface area contributed by atoms with E-state index in [2.05, 4.69) is 20.8 Å². The zero-order valence-corrected chi connectivity index (χ0v) is 11.1. The van der Waals surface area contributed by atoms with Gasteiger partial charge in [-0.1, -0.05) is 20.8 Å². The zero-order valence-electron chi connectivity index (χ0n) is 11.1. The number of hydrogen-bond acceptors (Lipinski definition) is 3. The third kappa shape index (κ3) is 3.19. The molecule has 0 amide bonds. The molecule has 1 fully saturated rings. The van der Waals surface area contributed by atoms with E-state index in [4.69, 9.17) is 17.2 Å². The second kappa shape index (κ2) is 5.03. The molecule has 0 radical (unpaired) electrons. The van der Waals surface area contributed by atoms with Crippen molar-refractivity contribution >= 4 is 0 Å². The molecule has 3 nitrogen and oxygen atoms in total. The van der Waals surface area contributed by atoms with Gasteiger partial charge < -0.3 is 17.2 Å². The molecule has 1 rings (SSSR count). The largest absolute Gasteiger partial charge is 0.330 e. The second-order valence-corrected chi connectivity index (χ2v) is 6.76. The van der Waals surface area contributed by atoms with Gasteiger partial charge in [-0.2, -0.15) is 0 Å². The minimum Gasteiger partial charge on any atom is -0.330 e. The maximum absolute atomic E-state index is 5.94. The first-order chi connectivity index (χ1) is 7.36. The van der Waals surface area contributed by atoms with Gasteiger partial charge in [0.25, 0.3) is 0 Å². The van der Waals surface area contributed by atoms with Gasteiger partial charge in [-0.05, 0) is 61.6 Å². The van der Waals surface area contributed by atoms with Gasteiger partial charge in [-0.15, -0.1) is 0 Å². The fraction of sp³-hybridized carbons (Fsp3) is 1.00. The van der Waals surface area contributed by atoms with E-state index in [1.165, 1.54) is 19.3 Å². The minimum absolute atomic E-state index is 0.273. The average molecular weight is 227 g/mol. The fourth-order valence-corrected chi connectivity index (χ4v) is 3.68. The van der Waals surface area contributed by atoms with Crippen LogP contribution in [0.5, 0.6) is 0 Å². The Kier molecular flexibility index (Phi) is 4.38. The molecule has 0 aromatic heterocycles. The molecule has 0 bridgehead atoms. The topological polar surface area (TPSA) is 78.1 Å². The first kappa shape index (κ1) is 13.9. The molecule has 96 valence electrons. The van der Waals surface area contributed by atoms with Crippen LogP contribution < -0.4 is 17.2 Å². The lowest BCUT2D eigenvalue weighted by molar-refractivity contribution is 0.0368. The lowest BCUT2D eigenvalue weighted by Crippen LogP contribution is -2.44. The Morgan fingerprint density at radius 1 is 1.06 bits per heavy atom. The first-order valence-corrected chi connectivity index (χ1v) is 6.46. The number of rotatable bonds is 4. The summed E-state index contributed by atoms with van der Waals surface area (Å²) in [7, 11) is 0. The van der Waals surface area contributed by atoms with Crippen LogP contribution in [0.4, 0.5) is 0 Å². The highest BCUT2D eigenvalue weighted by Gasteiger charge is 2.42. The first-order valence-electron chi connectivity index (χ1n) is 6.46. The van der Waals surface area contributed by atoms with Crippen LogP contribution in [0.1, 0.15) is 40.0 Å². The number of hydrogen-bond donors (Lipinski definition) is 3. The maximum Gasteiger partial charge on any atom is -0.00229 e. The molecule has 0 aromatic rings. The van der Waals surface area contributed by atoms with Gasteiger partial charge in [0.2, 0.25) is 0 Å². The molecule has 3 heteroatoms. The predicted molar refractivity (Wildman–Crippen MR) is 69.9 cm³/mol. The van der Waals surface area contributed by atoms with Crippen molar-refractivity contribution in [3.63, 3.8) is 0 Å². The quantitative estimate of drug-likeness (QED) is 0.677.